The molecule has 1 saturated heterocycles. The van der Waals surface area contributed by atoms with Gasteiger partial charge in [0.05, 0.1) is 12.2 Å². The van der Waals surface area contributed by atoms with Crippen LogP contribution in [0.15, 0.2) is 53.1 Å². The third kappa shape index (κ3) is 3.74. The summed E-state index contributed by atoms with van der Waals surface area (Å²) in [6.45, 7) is 3.39. The van der Waals surface area contributed by atoms with E-state index in [2.05, 4.69) is 10.1 Å². The van der Waals surface area contributed by atoms with Crippen molar-refractivity contribution in [1.29, 1.82) is 0 Å². The van der Waals surface area contributed by atoms with Crippen LogP contribution in [0.1, 0.15) is 30.7 Å². The fourth-order valence-corrected chi connectivity index (χ4v) is 3.34. The van der Waals surface area contributed by atoms with Crippen LogP contribution in [0.3, 0.4) is 0 Å². The smallest absolute Gasteiger partial charge is 0.261 e. The summed E-state index contributed by atoms with van der Waals surface area (Å²) in [4.78, 5) is 18.6. The van der Waals surface area contributed by atoms with Crippen LogP contribution in [-0.2, 0) is 11.3 Å². The van der Waals surface area contributed by atoms with Crippen LogP contribution in [0.25, 0.3) is 11.5 Å². The van der Waals surface area contributed by atoms with Crippen molar-refractivity contribution in [3.05, 3.63) is 65.7 Å². The lowest BCUT2D eigenvalue weighted by Gasteiger charge is -2.16. The summed E-state index contributed by atoms with van der Waals surface area (Å²) in [5.74, 6) is 1.17. The molecule has 0 N–H and O–H groups in total. The molecule has 4 rings (SSSR count). The van der Waals surface area contributed by atoms with E-state index in [0.717, 1.165) is 11.1 Å². The molecule has 0 saturated carbocycles. The average Bonchev–Trinajstić information content (AvgIpc) is 3.32. The number of carbonyl (C=O) groups is 1. The Balaban J connectivity index is 1.49. The summed E-state index contributed by atoms with van der Waals surface area (Å²) >= 11 is 0. The lowest BCUT2D eigenvalue weighted by Crippen LogP contribution is -2.24. The van der Waals surface area contributed by atoms with Gasteiger partial charge in [0.25, 0.3) is 5.89 Å². The number of ether oxygens (including phenoxy) is 1. The lowest BCUT2D eigenvalue weighted by molar-refractivity contribution is -0.128. The van der Waals surface area contributed by atoms with Crippen LogP contribution < -0.4 is 4.74 Å². The highest BCUT2D eigenvalue weighted by atomic mass is 19.1. The Hall–Kier alpha value is -3.22. The van der Waals surface area contributed by atoms with Crippen molar-refractivity contribution in [2.24, 2.45) is 0 Å². The topological polar surface area (TPSA) is 68.5 Å². The maximum absolute atomic E-state index is 13.1. The molecule has 7 heteroatoms. The van der Waals surface area contributed by atoms with Crippen LogP contribution in [-0.4, -0.2) is 34.1 Å². The molecule has 0 spiro atoms. The SMILES string of the molecule is CCOc1ccccc1-c1nc(C2CC(=O)N(Cc3ccc(F)cc3)C2)no1. The molecule has 2 aromatic carbocycles. The number of para-hydroxylation sites is 1. The summed E-state index contributed by atoms with van der Waals surface area (Å²) in [5, 5.41) is 4.09. The quantitative estimate of drug-likeness (QED) is 0.650. The minimum Gasteiger partial charge on any atom is -0.493 e. The maximum Gasteiger partial charge on any atom is 0.261 e. The van der Waals surface area contributed by atoms with E-state index in [0.29, 0.717) is 43.6 Å². The second kappa shape index (κ2) is 7.80. The molecule has 0 aliphatic carbocycles. The van der Waals surface area contributed by atoms with Crippen molar-refractivity contribution in [2.45, 2.75) is 25.8 Å². The van der Waals surface area contributed by atoms with E-state index in [1.54, 1.807) is 17.0 Å². The van der Waals surface area contributed by atoms with Crippen molar-refractivity contribution < 1.29 is 18.4 Å². The van der Waals surface area contributed by atoms with Gasteiger partial charge in [-0.2, -0.15) is 4.98 Å². The van der Waals surface area contributed by atoms with Gasteiger partial charge in [-0.15, -0.1) is 0 Å². The zero-order chi connectivity index (χ0) is 19.5. The minimum absolute atomic E-state index is 0.0235. The van der Waals surface area contributed by atoms with E-state index in [9.17, 15) is 9.18 Å². The zero-order valence-electron chi connectivity index (χ0n) is 15.5. The van der Waals surface area contributed by atoms with Crippen LogP contribution in [0.2, 0.25) is 0 Å². The third-order valence-corrected chi connectivity index (χ3v) is 4.73. The second-order valence-electron chi connectivity index (χ2n) is 6.69. The third-order valence-electron chi connectivity index (χ3n) is 4.73. The number of carbonyl (C=O) groups excluding carboxylic acids is 1. The zero-order valence-corrected chi connectivity index (χ0v) is 15.5. The first-order valence-electron chi connectivity index (χ1n) is 9.22. The lowest BCUT2D eigenvalue weighted by atomic mass is 10.1. The predicted octanol–water partition coefficient (Wildman–Crippen LogP) is 3.79. The molecule has 1 aliphatic heterocycles. The van der Waals surface area contributed by atoms with Crippen molar-refractivity contribution in [1.82, 2.24) is 15.0 Å². The summed E-state index contributed by atoms with van der Waals surface area (Å²) in [5.41, 5.74) is 1.62. The molecule has 28 heavy (non-hydrogen) atoms. The minimum atomic E-state index is -0.291. The Morgan fingerprint density at radius 3 is 2.79 bits per heavy atom. The highest BCUT2D eigenvalue weighted by Gasteiger charge is 2.34. The Kier molecular flexibility index (Phi) is 5.06. The fraction of sp³-hybridized carbons (Fsp3) is 0.286. The highest BCUT2D eigenvalue weighted by Crippen LogP contribution is 2.32. The number of hydrogen-bond donors (Lipinski definition) is 0. The van der Waals surface area contributed by atoms with E-state index in [4.69, 9.17) is 9.26 Å². The standard InChI is InChI=1S/C21H20FN3O3/c1-2-27-18-6-4-3-5-17(18)21-23-20(24-28-21)15-11-19(26)25(13-15)12-14-7-9-16(22)10-8-14/h3-10,15H,2,11-13H2,1H3. The Bertz CT molecular complexity index is 971. The highest BCUT2D eigenvalue weighted by molar-refractivity contribution is 5.79. The van der Waals surface area contributed by atoms with Crippen molar-refractivity contribution >= 4 is 5.91 Å². The predicted molar refractivity (Wildman–Crippen MR) is 100 cm³/mol. The van der Waals surface area contributed by atoms with E-state index < -0.39 is 0 Å². The molecule has 2 heterocycles. The molecule has 1 fully saturated rings. The van der Waals surface area contributed by atoms with Crippen molar-refractivity contribution in [2.75, 3.05) is 13.2 Å². The van der Waals surface area contributed by atoms with Gasteiger partial charge < -0.3 is 14.2 Å². The molecule has 1 unspecified atom stereocenters. The van der Waals surface area contributed by atoms with Crippen LogP contribution >= 0.6 is 0 Å². The maximum atomic E-state index is 13.1. The van der Waals surface area contributed by atoms with Crippen molar-refractivity contribution in [3.63, 3.8) is 0 Å². The van der Waals surface area contributed by atoms with E-state index >= 15 is 0 Å². The van der Waals surface area contributed by atoms with E-state index in [-0.39, 0.29) is 17.6 Å². The molecule has 144 valence electrons. The van der Waals surface area contributed by atoms with Crippen LogP contribution in [0, 0.1) is 5.82 Å². The first kappa shape index (κ1) is 18.2. The number of rotatable bonds is 6. The summed E-state index contributed by atoms with van der Waals surface area (Å²) in [6.07, 6.45) is 0.327. The number of nitrogens with zero attached hydrogens (tertiary/aromatic N) is 3. The fourth-order valence-electron chi connectivity index (χ4n) is 3.34. The Morgan fingerprint density at radius 2 is 2.00 bits per heavy atom. The largest absolute Gasteiger partial charge is 0.493 e. The van der Waals surface area contributed by atoms with E-state index in [1.807, 2.05) is 31.2 Å². The first-order chi connectivity index (χ1) is 13.6. The van der Waals surface area contributed by atoms with Crippen LogP contribution in [0.5, 0.6) is 5.75 Å². The van der Waals surface area contributed by atoms with Gasteiger partial charge in [-0.05, 0) is 36.8 Å². The Morgan fingerprint density at radius 1 is 1.21 bits per heavy atom. The molecule has 0 bridgehead atoms. The molecule has 6 nitrogen and oxygen atoms in total. The molecule has 1 aromatic heterocycles. The van der Waals surface area contributed by atoms with Gasteiger partial charge in [0.15, 0.2) is 5.82 Å². The molecular weight excluding hydrogens is 361 g/mol. The van der Waals surface area contributed by atoms with Gasteiger partial charge in [0.2, 0.25) is 5.91 Å². The van der Waals surface area contributed by atoms with Gasteiger partial charge in [-0.3, -0.25) is 4.79 Å². The summed E-state index contributed by atoms with van der Waals surface area (Å²) in [6, 6.07) is 13.7. The number of benzene rings is 2. The average molecular weight is 381 g/mol. The molecule has 1 aliphatic rings. The number of amides is 1. The van der Waals surface area contributed by atoms with Gasteiger partial charge in [-0.1, -0.05) is 29.4 Å². The van der Waals surface area contributed by atoms with E-state index in [1.165, 1.54) is 12.1 Å². The van der Waals surface area contributed by atoms with Gasteiger partial charge in [0.1, 0.15) is 11.6 Å². The number of hydrogen-bond acceptors (Lipinski definition) is 5. The number of halogens is 1. The normalized spacial score (nSPS) is 16.6. The Labute approximate surface area is 161 Å². The molecular formula is C21H20FN3O3. The summed E-state index contributed by atoms with van der Waals surface area (Å²) < 4.78 is 24.1. The number of likely N-dealkylation sites (tertiary alicyclic amines) is 1. The van der Waals surface area contributed by atoms with Crippen LogP contribution in [0.4, 0.5) is 4.39 Å². The monoisotopic (exact) mass is 381 g/mol. The van der Waals surface area contributed by atoms with Crippen molar-refractivity contribution in [3.8, 4) is 17.2 Å². The first-order valence-corrected chi connectivity index (χ1v) is 9.22. The molecule has 0 radical (unpaired) electrons. The molecule has 1 atom stereocenters. The molecule has 3 aromatic rings. The number of aromatic nitrogens is 2. The van der Waals surface area contributed by atoms with Gasteiger partial charge in [-0.25, -0.2) is 4.39 Å². The second-order valence-corrected chi connectivity index (χ2v) is 6.69. The van der Waals surface area contributed by atoms with Gasteiger partial charge in [0, 0.05) is 25.4 Å². The van der Waals surface area contributed by atoms with Gasteiger partial charge >= 0.3 is 0 Å². The summed E-state index contributed by atoms with van der Waals surface area (Å²) in [7, 11) is 0. The molecule has 1 amide bonds.